The lowest BCUT2D eigenvalue weighted by molar-refractivity contribution is 0.0698. The summed E-state index contributed by atoms with van der Waals surface area (Å²) in [6.45, 7) is 2.97. The fourth-order valence-electron chi connectivity index (χ4n) is 2.87. The normalized spacial score (nSPS) is 15.9. The van der Waals surface area contributed by atoms with Gasteiger partial charge in [-0.1, -0.05) is 47.0 Å². The summed E-state index contributed by atoms with van der Waals surface area (Å²) in [6, 6.07) is 11.9. The number of hydrogen-bond acceptors (Lipinski definition) is 3. The second kappa shape index (κ2) is 7.56. The third-order valence-corrected chi connectivity index (χ3v) is 7.20. The van der Waals surface area contributed by atoms with Crippen LogP contribution in [0.1, 0.15) is 15.9 Å². The zero-order valence-corrected chi connectivity index (χ0v) is 16.5. The third-order valence-electron chi connectivity index (χ3n) is 4.34. The maximum atomic E-state index is 12.9. The highest BCUT2D eigenvalue weighted by Gasteiger charge is 2.33. The summed E-state index contributed by atoms with van der Waals surface area (Å²) in [7, 11) is -3.81. The quantitative estimate of drug-likeness (QED) is 0.775. The first-order chi connectivity index (χ1) is 12.3. The number of benzene rings is 2. The van der Waals surface area contributed by atoms with Crippen LogP contribution in [0.15, 0.2) is 47.4 Å². The molecule has 0 aromatic heterocycles. The van der Waals surface area contributed by atoms with Crippen molar-refractivity contribution in [2.75, 3.05) is 26.2 Å². The van der Waals surface area contributed by atoms with Gasteiger partial charge in [-0.05, 0) is 31.2 Å². The standard InChI is InChI=1S/C18H18Cl2N2O3S/c1-13-5-7-14(8-6-13)18(23)21-9-11-22(12-10-21)26(24,25)17-15(19)3-2-4-16(17)20/h2-8H,9-12H2,1H3. The fraction of sp³-hybridized carbons (Fsp3) is 0.278. The van der Waals surface area contributed by atoms with Crippen LogP contribution in [-0.4, -0.2) is 49.7 Å². The molecule has 5 nitrogen and oxygen atoms in total. The number of hydrogen-bond donors (Lipinski definition) is 0. The SMILES string of the molecule is Cc1ccc(C(=O)N2CCN(S(=O)(=O)c3c(Cl)cccc3Cl)CC2)cc1. The number of carbonyl (C=O) groups is 1. The Hall–Kier alpha value is -1.60. The van der Waals surface area contributed by atoms with Crippen LogP contribution in [0.25, 0.3) is 0 Å². The average Bonchev–Trinajstić information content (AvgIpc) is 2.61. The molecule has 1 heterocycles. The molecule has 3 rings (SSSR count). The Morgan fingerprint density at radius 3 is 2.00 bits per heavy atom. The van der Waals surface area contributed by atoms with Gasteiger partial charge in [-0.2, -0.15) is 4.31 Å². The summed E-state index contributed by atoms with van der Waals surface area (Å²) in [4.78, 5) is 14.1. The minimum atomic E-state index is -3.81. The molecule has 0 aliphatic carbocycles. The molecule has 2 aromatic carbocycles. The first kappa shape index (κ1) is 19.2. The molecule has 26 heavy (non-hydrogen) atoms. The summed E-state index contributed by atoms with van der Waals surface area (Å²) in [5.41, 5.74) is 1.68. The maximum Gasteiger partial charge on any atom is 0.253 e. The molecule has 1 aliphatic rings. The summed E-state index contributed by atoms with van der Waals surface area (Å²) in [5, 5.41) is 0.186. The highest BCUT2D eigenvalue weighted by molar-refractivity contribution is 7.89. The Balaban J connectivity index is 1.74. The molecule has 0 unspecified atom stereocenters. The fourth-order valence-corrected chi connectivity index (χ4v) is 5.38. The summed E-state index contributed by atoms with van der Waals surface area (Å²) < 4.78 is 27.1. The van der Waals surface area contributed by atoms with Crippen LogP contribution in [0.4, 0.5) is 0 Å². The van der Waals surface area contributed by atoms with E-state index in [0.29, 0.717) is 18.7 Å². The second-order valence-electron chi connectivity index (χ2n) is 6.11. The van der Waals surface area contributed by atoms with Crippen molar-refractivity contribution < 1.29 is 13.2 Å². The van der Waals surface area contributed by atoms with Crippen molar-refractivity contribution in [2.24, 2.45) is 0 Å². The van der Waals surface area contributed by atoms with Crippen LogP contribution in [0.2, 0.25) is 10.0 Å². The molecular weight excluding hydrogens is 395 g/mol. The van der Waals surface area contributed by atoms with Gasteiger partial charge in [0.05, 0.1) is 10.0 Å². The average molecular weight is 413 g/mol. The van der Waals surface area contributed by atoms with Crippen LogP contribution in [-0.2, 0) is 10.0 Å². The van der Waals surface area contributed by atoms with Crippen LogP contribution in [0.3, 0.4) is 0 Å². The number of rotatable bonds is 3. The van der Waals surface area contributed by atoms with Crippen molar-refractivity contribution in [1.82, 2.24) is 9.21 Å². The molecule has 0 atom stereocenters. The number of nitrogens with zero attached hydrogens (tertiary/aromatic N) is 2. The van der Waals surface area contributed by atoms with Gasteiger partial charge in [0.2, 0.25) is 10.0 Å². The zero-order chi connectivity index (χ0) is 18.9. The molecule has 0 radical (unpaired) electrons. The van der Waals surface area contributed by atoms with E-state index in [4.69, 9.17) is 23.2 Å². The minimum absolute atomic E-state index is 0.0818. The Morgan fingerprint density at radius 2 is 1.46 bits per heavy atom. The van der Waals surface area contributed by atoms with Gasteiger partial charge in [0.1, 0.15) is 4.90 Å². The minimum Gasteiger partial charge on any atom is -0.336 e. The van der Waals surface area contributed by atoms with E-state index in [-0.39, 0.29) is 33.9 Å². The largest absolute Gasteiger partial charge is 0.336 e. The van der Waals surface area contributed by atoms with Crippen LogP contribution >= 0.6 is 23.2 Å². The Kier molecular flexibility index (Phi) is 5.58. The molecule has 138 valence electrons. The van der Waals surface area contributed by atoms with Gasteiger partial charge in [0, 0.05) is 31.7 Å². The first-order valence-corrected chi connectivity index (χ1v) is 10.3. The van der Waals surface area contributed by atoms with E-state index in [1.54, 1.807) is 23.1 Å². The number of amides is 1. The molecule has 0 bridgehead atoms. The smallest absolute Gasteiger partial charge is 0.253 e. The van der Waals surface area contributed by atoms with E-state index < -0.39 is 10.0 Å². The second-order valence-corrected chi connectivity index (χ2v) is 8.80. The monoisotopic (exact) mass is 412 g/mol. The van der Waals surface area contributed by atoms with E-state index >= 15 is 0 Å². The van der Waals surface area contributed by atoms with Gasteiger partial charge in [0.25, 0.3) is 5.91 Å². The van der Waals surface area contributed by atoms with Crippen LogP contribution in [0, 0.1) is 6.92 Å². The van der Waals surface area contributed by atoms with E-state index in [2.05, 4.69) is 0 Å². The summed E-state index contributed by atoms with van der Waals surface area (Å²) in [5.74, 6) is -0.0992. The van der Waals surface area contributed by atoms with E-state index in [1.807, 2.05) is 19.1 Å². The first-order valence-electron chi connectivity index (χ1n) is 8.11. The van der Waals surface area contributed by atoms with Crippen LogP contribution in [0.5, 0.6) is 0 Å². The van der Waals surface area contributed by atoms with Gasteiger partial charge in [0.15, 0.2) is 0 Å². The lowest BCUT2D eigenvalue weighted by atomic mass is 10.1. The molecular formula is C18H18Cl2N2O3S. The van der Waals surface area contributed by atoms with Gasteiger partial charge in [-0.25, -0.2) is 8.42 Å². The van der Waals surface area contributed by atoms with E-state index in [1.165, 1.54) is 16.4 Å². The molecule has 1 aliphatic heterocycles. The molecule has 0 spiro atoms. The molecule has 1 fully saturated rings. The Bertz CT molecular complexity index is 902. The molecule has 1 amide bonds. The van der Waals surface area contributed by atoms with Crippen molar-refractivity contribution in [3.63, 3.8) is 0 Å². The Morgan fingerprint density at radius 1 is 0.923 bits per heavy atom. The topological polar surface area (TPSA) is 57.7 Å². The molecule has 8 heteroatoms. The molecule has 0 N–H and O–H groups in total. The van der Waals surface area contributed by atoms with Crippen molar-refractivity contribution in [3.8, 4) is 0 Å². The predicted molar refractivity (Wildman–Crippen MR) is 102 cm³/mol. The third kappa shape index (κ3) is 3.74. The predicted octanol–water partition coefficient (Wildman–Crippen LogP) is 3.45. The van der Waals surface area contributed by atoms with Gasteiger partial charge in [-0.15, -0.1) is 0 Å². The Labute approximate surface area is 163 Å². The summed E-state index contributed by atoms with van der Waals surface area (Å²) in [6.07, 6.45) is 0. The number of sulfonamides is 1. The highest BCUT2D eigenvalue weighted by atomic mass is 35.5. The number of halogens is 2. The lowest BCUT2D eigenvalue weighted by Crippen LogP contribution is -2.50. The zero-order valence-electron chi connectivity index (χ0n) is 14.2. The molecule has 0 saturated carbocycles. The van der Waals surface area contributed by atoms with Gasteiger partial charge in [-0.3, -0.25) is 4.79 Å². The molecule has 2 aromatic rings. The maximum absolute atomic E-state index is 12.9. The molecule has 1 saturated heterocycles. The van der Waals surface area contributed by atoms with Crippen molar-refractivity contribution >= 4 is 39.1 Å². The van der Waals surface area contributed by atoms with Crippen molar-refractivity contribution in [3.05, 3.63) is 63.6 Å². The number of carbonyl (C=O) groups excluding carboxylic acids is 1. The number of piperazine rings is 1. The van der Waals surface area contributed by atoms with Crippen LogP contribution < -0.4 is 0 Å². The van der Waals surface area contributed by atoms with Gasteiger partial charge < -0.3 is 4.90 Å². The van der Waals surface area contributed by atoms with E-state index in [9.17, 15) is 13.2 Å². The van der Waals surface area contributed by atoms with Crippen molar-refractivity contribution in [1.29, 1.82) is 0 Å². The van der Waals surface area contributed by atoms with Crippen molar-refractivity contribution in [2.45, 2.75) is 11.8 Å². The van der Waals surface area contributed by atoms with E-state index in [0.717, 1.165) is 5.56 Å². The van der Waals surface area contributed by atoms with Gasteiger partial charge >= 0.3 is 0 Å². The highest BCUT2D eigenvalue weighted by Crippen LogP contribution is 2.31. The lowest BCUT2D eigenvalue weighted by Gasteiger charge is -2.34. The summed E-state index contributed by atoms with van der Waals surface area (Å²) >= 11 is 12.1. The number of aryl methyl sites for hydroxylation is 1.